The van der Waals surface area contributed by atoms with Crippen molar-refractivity contribution in [3.8, 4) is 22.3 Å². The maximum Gasteiger partial charge on any atom is 0.536 e. The van der Waals surface area contributed by atoms with E-state index >= 15 is 0 Å². The third kappa shape index (κ3) is 20.0. The molecule has 3 atom stereocenters. The molecule has 4 aromatic rings. The molecular formula is C48H72Br2N18O10. The van der Waals surface area contributed by atoms with E-state index in [-0.39, 0.29) is 46.6 Å². The van der Waals surface area contributed by atoms with Crippen molar-refractivity contribution in [3.05, 3.63) is 47.3 Å². The Morgan fingerprint density at radius 3 is 1.82 bits per heavy atom. The number of hydrogen-bond donors (Lipinski definition) is 6. The molecule has 3 unspecified atom stereocenters. The highest BCUT2D eigenvalue weighted by atomic mass is 79.9. The Morgan fingerprint density at radius 2 is 1.33 bits per heavy atom. The Hall–Kier alpha value is -6.66. The van der Waals surface area contributed by atoms with Gasteiger partial charge in [-0.1, -0.05) is 19.3 Å². The number of aryl methyl sites for hydroxylation is 2. The normalized spacial score (nSPS) is 20.3. The van der Waals surface area contributed by atoms with Gasteiger partial charge in [0, 0.05) is 106 Å². The first-order chi connectivity index (χ1) is 37.3. The van der Waals surface area contributed by atoms with Crippen LogP contribution in [0.25, 0.3) is 22.3 Å². The van der Waals surface area contributed by atoms with Gasteiger partial charge in [0.05, 0.1) is 25.0 Å². The average molecular weight is 1220 g/mol. The van der Waals surface area contributed by atoms with E-state index in [1.54, 1.807) is 46.1 Å². The molecule has 1 amide bonds. The van der Waals surface area contributed by atoms with Gasteiger partial charge in [0.15, 0.2) is 17.8 Å². The number of carbonyl (C=O) groups excluding carboxylic acids is 1. The summed E-state index contributed by atoms with van der Waals surface area (Å²) >= 11 is 6.32. The molecule has 0 aromatic carbocycles. The smallest absolute Gasteiger partial charge is 0.447 e. The van der Waals surface area contributed by atoms with Crippen LogP contribution in [-0.4, -0.2) is 179 Å². The van der Waals surface area contributed by atoms with E-state index in [1.807, 2.05) is 54.3 Å². The molecule has 30 heteroatoms. The number of alkyl halides is 2. The van der Waals surface area contributed by atoms with E-state index in [0.717, 1.165) is 73.9 Å². The van der Waals surface area contributed by atoms with Crippen molar-refractivity contribution >= 4 is 79.7 Å². The molecule has 1 aliphatic carbocycles. The average Bonchev–Trinajstić information content (AvgIpc) is 4.30. The van der Waals surface area contributed by atoms with E-state index in [0.29, 0.717) is 62.5 Å². The Bertz CT molecular complexity index is 2630. The van der Waals surface area contributed by atoms with Gasteiger partial charge in [0.1, 0.15) is 36.0 Å². The summed E-state index contributed by atoms with van der Waals surface area (Å²) < 4.78 is 36.0. The first-order valence-corrected chi connectivity index (χ1v) is 27.5. The van der Waals surface area contributed by atoms with Gasteiger partial charge in [-0.25, -0.2) is 24.7 Å². The van der Waals surface area contributed by atoms with Gasteiger partial charge in [0.25, 0.3) is 0 Å². The SMILES string of the molecule is CC(C)(C)OC(=O)N1CCC(OC2=NCC(Br)O2)CC1.CNc1nc(N)ncc1-c1cnn(C)c1.CNc1nc(NC2CN=C(OC3CCNCC3)O2)ncc1-c1cnn(C)c1.O=[N+]([O-])C1=NCC(Br)O1.OC1CCCCC1. The number of hydrogen-bond acceptors (Lipinski definition) is 24. The number of nitro groups is 1. The van der Waals surface area contributed by atoms with Gasteiger partial charge >= 0.3 is 24.3 Å². The molecule has 0 radical (unpaired) electrons. The van der Waals surface area contributed by atoms with E-state index in [4.69, 9.17) is 34.5 Å². The molecule has 9 heterocycles. The van der Waals surface area contributed by atoms with E-state index < -0.39 is 16.5 Å². The number of nitrogen functional groups attached to an aromatic ring is 1. The predicted molar refractivity (Wildman–Crippen MR) is 300 cm³/mol. The summed E-state index contributed by atoms with van der Waals surface area (Å²) in [6.45, 7) is 10.1. The van der Waals surface area contributed by atoms with Gasteiger partial charge in [-0.3, -0.25) is 9.36 Å². The van der Waals surface area contributed by atoms with Crippen LogP contribution in [0.2, 0.25) is 0 Å². The van der Waals surface area contributed by atoms with E-state index in [1.165, 1.54) is 19.3 Å². The predicted octanol–water partition coefficient (Wildman–Crippen LogP) is 5.50. The number of aliphatic hydroxyl groups excluding tert-OH is 1. The second-order valence-corrected chi connectivity index (χ2v) is 21.3. The number of aromatic nitrogens is 8. The fourth-order valence-electron chi connectivity index (χ4n) is 8.01. The van der Waals surface area contributed by atoms with Crippen molar-refractivity contribution in [2.24, 2.45) is 29.1 Å². The highest BCUT2D eigenvalue weighted by molar-refractivity contribution is 9.09. The first-order valence-electron chi connectivity index (χ1n) is 25.7. The Labute approximate surface area is 469 Å². The van der Waals surface area contributed by atoms with Crippen LogP contribution in [0.4, 0.5) is 28.3 Å². The first kappa shape index (κ1) is 60.6. The summed E-state index contributed by atoms with van der Waals surface area (Å²) in [6, 6.07) is -0.406. The second-order valence-electron chi connectivity index (χ2n) is 19.3. The van der Waals surface area contributed by atoms with Crippen molar-refractivity contribution in [1.29, 1.82) is 0 Å². The lowest BCUT2D eigenvalue weighted by molar-refractivity contribution is -0.372. The molecule has 428 valence electrons. The molecule has 28 nitrogen and oxygen atoms in total. The number of amidine groups is 1. The number of nitrogens with two attached hydrogens (primary N) is 1. The minimum Gasteiger partial charge on any atom is -0.447 e. The molecule has 4 aromatic heterocycles. The Morgan fingerprint density at radius 1 is 0.782 bits per heavy atom. The standard InChI is InChI=1S/C17H24N8O2.C13H21BrN2O4.C9H12N6.C6H12O.C3H3BrN2O3/c1-18-15-13(11-7-22-25(2)10-11)8-20-16(24-15)23-14-9-21-17(27-14)26-12-3-5-19-6-4-12;1-13(2,3)20-12(17)16-6-4-9(5-7-16)18-11-15-8-10(14)19-11;1-11-8-7(4-12-9(10)14-8)6-3-13-15(2)5-6;7-6-4-2-1-3-5-6;4-2-1-5-3(9-2)6(7)8/h7-8,10,12,14,19H,3-6,9H2,1-2H3,(H2,18,20,23,24);9-10H,4-8H2,1-3H3;3-5H,1-2H3,(H3,10,11,12,14);6-7H,1-5H2;2H,1H2. The van der Waals surface area contributed by atoms with E-state index in [9.17, 15) is 14.9 Å². The summed E-state index contributed by atoms with van der Waals surface area (Å²) in [5, 5.41) is 39.2. The number of carbonyl (C=O) groups is 1. The molecule has 7 N–H and O–H groups in total. The zero-order valence-electron chi connectivity index (χ0n) is 45.0. The van der Waals surface area contributed by atoms with E-state index in [2.05, 4.69) is 103 Å². The quantitative estimate of drug-likeness (QED) is 0.0720. The summed E-state index contributed by atoms with van der Waals surface area (Å²) in [7, 11) is 7.36. The van der Waals surface area contributed by atoms with Crippen LogP contribution in [-0.2, 0) is 42.5 Å². The van der Waals surface area contributed by atoms with Crippen molar-refractivity contribution in [1.82, 2.24) is 49.7 Å². The largest absolute Gasteiger partial charge is 0.536 e. The summed E-state index contributed by atoms with van der Waals surface area (Å²) in [6.07, 6.45) is 20.5. The van der Waals surface area contributed by atoms with Crippen molar-refractivity contribution in [2.45, 2.75) is 119 Å². The Balaban J connectivity index is 0.000000170. The molecule has 2 saturated heterocycles. The number of ether oxygens (including phenoxy) is 6. The van der Waals surface area contributed by atoms with Crippen molar-refractivity contribution in [3.63, 3.8) is 0 Å². The summed E-state index contributed by atoms with van der Waals surface area (Å²) in [5.41, 5.74) is 8.73. The highest BCUT2D eigenvalue weighted by Crippen LogP contribution is 2.28. The number of aliphatic hydroxyl groups is 1. The van der Waals surface area contributed by atoms with Crippen LogP contribution in [0.3, 0.4) is 0 Å². The van der Waals surface area contributed by atoms with Gasteiger partial charge in [-0.15, -0.1) is 0 Å². The molecule has 0 spiro atoms. The number of nitrogens with one attached hydrogen (secondary N) is 4. The zero-order valence-corrected chi connectivity index (χ0v) is 48.2. The molecule has 5 aliphatic heterocycles. The maximum absolute atomic E-state index is 11.9. The van der Waals surface area contributed by atoms with Crippen LogP contribution in [0.5, 0.6) is 0 Å². The number of rotatable bonds is 8. The van der Waals surface area contributed by atoms with Crippen molar-refractivity contribution in [2.75, 3.05) is 81.6 Å². The molecule has 78 heavy (non-hydrogen) atoms. The molecular weight excluding hydrogens is 1150 g/mol. The number of likely N-dealkylation sites (tertiary alicyclic amines) is 1. The molecule has 10 rings (SSSR count). The molecule has 0 bridgehead atoms. The molecule has 6 aliphatic rings. The minimum absolute atomic E-state index is 0.0359. The van der Waals surface area contributed by atoms with Crippen LogP contribution in [0, 0.1) is 10.1 Å². The topological polar surface area (TPSA) is 337 Å². The van der Waals surface area contributed by atoms with Crippen LogP contribution >= 0.6 is 31.9 Å². The molecule has 3 fully saturated rings. The maximum atomic E-state index is 11.9. The lowest BCUT2D eigenvalue weighted by Crippen LogP contribution is -2.43. The highest BCUT2D eigenvalue weighted by Gasteiger charge is 2.31. The fourth-order valence-corrected chi connectivity index (χ4v) is 8.62. The number of anilines is 4. The van der Waals surface area contributed by atoms with Crippen molar-refractivity contribution < 1.29 is 43.2 Å². The van der Waals surface area contributed by atoms with Crippen LogP contribution in [0.15, 0.2) is 52.2 Å². The number of amides is 1. The summed E-state index contributed by atoms with van der Waals surface area (Å²) in [4.78, 5) is 51.8. The monoisotopic (exact) mass is 1220 g/mol. The third-order valence-corrected chi connectivity index (χ3v) is 12.8. The van der Waals surface area contributed by atoms with Gasteiger partial charge in [0.2, 0.25) is 16.9 Å². The third-order valence-electron chi connectivity index (χ3n) is 11.9. The van der Waals surface area contributed by atoms with Gasteiger partial charge < -0.3 is 75.5 Å². The molecule has 1 saturated carbocycles. The second kappa shape index (κ2) is 29.9. The van der Waals surface area contributed by atoms with Crippen LogP contribution in [0.1, 0.15) is 78.6 Å². The number of aliphatic imine (C=N–C) groups is 3. The number of nitrogens with zero attached hydrogens (tertiary/aromatic N) is 13. The fraction of sp³-hybridized carbons (Fsp3) is 0.625. The van der Waals surface area contributed by atoms with Gasteiger partial charge in [-0.2, -0.15) is 20.2 Å². The lowest BCUT2D eigenvalue weighted by Gasteiger charge is -2.33. The van der Waals surface area contributed by atoms with Crippen LogP contribution < -0.4 is 27.0 Å². The minimum atomic E-state index is -0.652. The lowest BCUT2D eigenvalue weighted by atomic mass is 9.98. The number of piperidine rings is 2. The number of halogens is 2. The Kier molecular flexibility index (Phi) is 23.2. The zero-order chi connectivity index (χ0) is 56.2. The summed E-state index contributed by atoms with van der Waals surface area (Å²) in [5.74, 6) is 2.14. The van der Waals surface area contributed by atoms with Gasteiger partial charge in [-0.05, 0) is 96.4 Å².